The van der Waals surface area contributed by atoms with Crippen molar-refractivity contribution in [2.75, 3.05) is 39.3 Å². The molecule has 4 unspecified atom stereocenters. The smallest absolute Gasteiger partial charge is 0.260 e. The van der Waals surface area contributed by atoms with Crippen molar-refractivity contribution in [1.29, 1.82) is 0 Å². The summed E-state index contributed by atoms with van der Waals surface area (Å²) >= 11 is 0. The van der Waals surface area contributed by atoms with Crippen molar-refractivity contribution in [2.45, 2.75) is 50.1 Å². The van der Waals surface area contributed by atoms with E-state index in [0.717, 1.165) is 61.5 Å². The first-order valence-corrected chi connectivity index (χ1v) is 16.6. The average molecular weight is 607 g/mol. The van der Waals surface area contributed by atoms with Crippen molar-refractivity contribution in [3.8, 4) is 0 Å². The molecule has 43 heavy (non-hydrogen) atoms. The number of fused-ring (bicyclic) bond motifs is 1. The van der Waals surface area contributed by atoms with Gasteiger partial charge in [-0.1, -0.05) is 18.2 Å². The molecule has 11 heteroatoms. The fourth-order valence-electron chi connectivity index (χ4n) is 7.76. The molecule has 9 nitrogen and oxygen atoms in total. The van der Waals surface area contributed by atoms with Crippen LogP contribution in [0, 0.1) is 37.4 Å². The number of nitrogens with zero attached hydrogens (tertiary/aromatic N) is 6. The number of rotatable bonds is 9. The molecule has 0 saturated carbocycles. The van der Waals surface area contributed by atoms with Gasteiger partial charge in [0.2, 0.25) is 6.41 Å². The molecule has 6 rings (SSSR count). The molecule has 0 bridgehead atoms. The molecule has 0 N–H and O–H groups in total. The van der Waals surface area contributed by atoms with Crippen LogP contribution in [0.1, 0.15) is 53.7 Å². The van der Waals surface area contributed by atoms with E-state index in [0.29, 0.717) is 37.8 Å². The topological polar surface area (TPSA) is 99.6 Å². The summed E-state index contributed by atoms with van der Waals surface area (Å²) in [5.41, 5.74) is 3.88. The zero-order valence-corrected chi connectivity index (χ0v) is 25.5. The summed E-state index contributed by atoms with van der Waals surface area (Å²) in [5.74, 6) is 0.790. The predicted molar refractivity (Wildman–Crippen MR) is 160 cm³/mol. The second kappa shape index (κ2) is 12.4. The van der Waals surface area contributed by atoms with Gasteiger partial charge in [0.1, 0.15) is 12.1 Å². The van der Waals surface area contributed by atoms with E-state index in [1.165, 1.54) is 22.6 Å². The van der Waals surface area contributed by atoms with Crippen molar-refractivity contribution < 1.29 is 17.6 Å². The Morgan fingerprint density at radius 2 is 1.77 bits per heavy atom. The molecule has 1 amide bonds. The van der Waals surface area contributed by atoms with Crippen molar-refractivity contribution in [3.05, 3.63) is 83.3 Å². The van der Waals surface area contributed by atoms with Crippen molar-refractivity contribution in [3.63, 3.8) is 0 Å². The van der Waals surface area contributed by atoms with Crippen LogP contribution in [-0.2, 0) is 14.8 Å². The maximum atomic E-state index is 14.4. The largest absolute Gasteiger partial charge is 0.337 e. The van der Waals surface area contributed by atoms with Gasteiger partial charge in [0, 0.05) is 61.8 Å². The Bertz CT molecular complexity index is 1530. The van der Waals surface area contributed by atoms with Crippen molar-refractivity contribution >= 4 is 16.4 Å². The Hall–Kier alpha value is -3.28. The molecule has 4 atom stereocenters. The third-order valence-electron chi connectivity index (χ3n) is 9.83. The predicted octanol–water partition coefficient (Wildman–Crippen LogP) is 3.96. The van der Waals surface area contributed by atoms with E-state index in [4.69, 9.17) is 0 Å². The minimum atomic E-state index is -3.64. The quantitative estimate of drug-likeness (QED) is 0.340. The van der Waals surface area contributed by atoms with Gasteiger partial charge in [-0.25, -0.2) is 27.8 Å². The molecule has 3 aliphatic rings. The van der Waals surface area contributed by atoms with Crippen molar-refractivity contribution in [2.24, 2.45) is 17.8 Å². The number of piperidine rings is 1. The highest BCUT2D eigenvalue weighted by Crippen LogP contribution is 2.46. The normalized spacial score (nSPS) is 24.3. The fourth-order valence-corrected chi connectivity index (χ4v) is 9.16. The maximum absolute atomic E-state index is 14.4. The third kappa shape index (κ3) is 5.94. The Kier molecular flexibility index (Phi) is 8.57. The van der Waals surface area contributed by atoms with Gasteiger partial charge < -0.3 is 9.80 Å². The summed E-state index contributed by atoms with van der Waals surface area (Å²) in [6.45, 7) is 8.19. The van der Waals surface area contributed by atoms with E-state index in [2.05, 4.69) is 19.9 Å². The zero-order chi connectivity index (χ0) is 30.1. The number of hydrogen-bond acceptors (Lipinski definition) is 7. The molecule has 3 aliphatic heterocycles. The molecular formula is C32H39FN6O3S. The van der Waals surface area contributed by atoms with Crippen molar-refractivity contribution in [1.82, 2.24) is 29.1 Å². The van der Waals surface area contributed by atoms with Gasteiger partial charge in [0.15, 0.2) is 5.03 Å². The van der Waals surface area contributed by atoms with Gasteiger partial charge in [0.05, 0.1) is 6.04 Å². The zero-order valence-electron chi connectivity index (χ0n) is 24.7. The van der Waals surface area contributed by atoms with Gasteiger partial charge in [-0.2, -0.15) is 4.31 Å². The summed E-state index contributed by atoms with van der Waals surface area (Å²) in [6, 6.07) is 11.8. The minimum Gasteiger partial charge on any atom is -0.337 e. The third-order valence-corrected chi connectivity index (χ3v) is 11.6. The second-order valence-electron chi connectivity index (χ2n) is 12.2. The molecule has 3 aromatic rings. The van der Waals surface area contributed by atoms with E-state index >= 15 is 0 Å². The second-order valence-corrected chi connectivity index (χ2v) is 14.1. The number of aromatic nitrogens is 3. The highest BCUT2D eigenvalue weighted by molar-refractivity contribution is 7.89. The monoisotopic (exact) mass is 606 g/mol. The van der Waals surface area contributed by atoms with E-state index in [1.807, 2.05) is 24.8 Å². The SMILES string of the molecule is Cc1ncnc(C)c1C1C2CN(CCC(c3cccc(F)c3)C3CCN(S(=O)(=O)c4ccccn4)CC3)CC2CN1C=O. The summed E-state index contributed by atoms with van der Waals surface area (Å²) in [5, 5.41) is 0.0774. The lowest BCUT2D eigenvalue weighted by molar-refractivity contribution is -0.119. The molecule has 3 saturated heterocycles. The Balaban J connectivity index is 1.15. The van der Waals surface area contributed by atoms with Gasteiger partial charge in [-0.15, -0.1) is 0 Å². The minimum absolute atomic E-state index is 0.0295. The number of carbonyl (C=O) groups excluding carboxylic acids is 1. The highest BCUT2D eigenvalue weighted by atomic mass is 32.2. The molecule has 1 aromatic carbocycles. The molecule has 5 heterocycles. The first-order chi connectivity index (χ1) is 20.8. The Labute approximate surface area is 253 Å². The van der Waals surface area contributed by atoms with Crippen LogP contribution in [0.5, 0.6) is 0 Å². The van der Waals surface area contributed by atoms with Gasteiger partial charge >= 0.3 is 0 Å². The van der Waals surface area contributed by atoms with Crippen LogP contribution in [-0.4, -0.2) is 83.2 Å². The molecule has 0 aliphatic carbocycles. The van der Waals surface area contributed by atoms with Crippen LogP contribution in [0.15, 0.2) is 60.0 Å². The van der Waals surface area contributed by atoms with Crippen LogP contribution < -0.4 is 0 Å². The number of aryl methyl sites for hydroxylation is 2. The number of likely N-dealkylation sites (tertiary alicyclic amines) is 2. The van der Waals surface area contributed by atoms with Crippen LogP contribution in [0.2, 0.25) is 0 Å². The number of benzene rings is 1. The molecule has 0 radical (unpaired) electrons. The Morgan fingerprint density at radius 3 is 2.44 bits per heavy atom. The molecule has 228 valence electrons. The van der Waals surface area contributed by atoms with Gasteiger partial charge in [-0.3, -0.25) is 4.79 Å². The first kappa shape index (κ1) is 29.8. The number of hydrogen-bond donors (Lipinski definition) is 0. The summed E-state index contributed by atoms with van der Waals surface area (Å²) in [7, 11) is -3.64. The summed E-state index contributed by atoms with van der Waals surface area (Å²) in [4.78, 5) is 29.4. The fraction of sp³-hybridized carbons (Fsp3) is 0.500. The van der Waals surface area contributed by atoms with Crippen LogP contribution in [0.3, 0.4) is 0 Å². The lowest BCUT2D eigenvalue weighted by Gasteiger charge is -2.36. The van der Waals surface area contributed by atoms with E-state index in [9.17, 15) is 17.6 Å². The number of carbonyl (C=O) groups is 1. The first-order valence-electron chi connectivity index (χ1n) is 15.1. The molecule has 3 fully saturated rings. The average Bonchev–Trinajstić information content (AvgIpc) is 3.56. The lowest BCUT2D eigenvalue weighted by atomic mass is 9.78. The van der Waals surface area contributed by atoms with E-state index in [1.54, 1.807) is 30.6 Å². The molecular weight excluding hydrogens is 567 g/mol. The number of sulfonamides is 1. The van der Waals surface area contributed by atoms with Crippen LogP contribution >= 0.6 is 0 Å². The van der Waals surface area contributed by atoms with Gasteiger partial charge in [-0.05, 0) is 87.2 Å². The molecule has 0 spiro atoms. The summed E-state index contributed by atoms with van der Waals surface area (Å²) in [6.07, 6.45) is 6.33. The van der Waals surface area contributed by atoms with Gasteiger partial charge in [0.25, 0.3) is 10.0 Å². The standard InChI is InChI=1S/C32H39FN6O3S/c1-22-31(23(2)36-20-35-22)32-29-19-37(17-26(29)18-38(32)21-40)13-11-28(25-6-5-7-27(33)16-25)24-9-14-39(15-10-24)43(41,42)30-8-3-4-12-34-30/h3-8,12,16,20-21,24,26,28-29,32H,9-11,13-15,17-19H2,1-2H3. The highest BCUT2D eigenvalue weighted by Gasteiger charge is 2.48. The maximum Gasteiger partial charge on any atom is 0.260 e. The number of halogens is 1. The van der Waals surface area contributed by atoms with E-state index < -0.39 is 10.0 Å². The lowest BCUT2D eigenvalue weighted by Crippen LogP contribution is -2.40. The summed E-state index contributed by atoms with van der Waals surface area (Å²) < 4.78 is 42.3. The van der Waals surface area contributed by atoms with Crippen LogP contribution in [0.4, 0.5) is 4.39 Å². The van der Waals surface area contributed by atoms with Crippen LogP contribution in [0.25, 0.3) is 0 Å². The van der Waals surface area contributed by atoms with E-state index in [-0.39, 0.29) is 28.7 Å². The number of amides is 1. The molecule has 2 aromatic heterocycles. The Morgan fingerprint density at radius 1 is 1.00 bits per heavy atom. The number of pyridine rings is 1.